The van der Waals surface area contributed by atoms with Gasteiger partial charge in [0.1, 0.15) is 0 Å². The number of rotatable bonds is 4. The number of benzene rings is 2. The molecule has 0 amide bonds. The Morgan fingerprint density at radius 2 is 1.43 bits per heavy atom. The molecule has 0 radical (unpaired) electrons. The molecule has 1 aliphatic carbocycles. The lowest BCUT2D eigenvalue weighted by Crippen LogP contribution is -1.98. The second-order valence-corrected chi connectivity index (χ2v) is 6.19. The van der Waals surface area contributed by atoms with Crippen LogP contribution in [-0.2, 0) is 6.42 Å². The first-order chi connectivity index (χ1) is 10.2. The molecule has 0 N–H and O–H groups in total. The molecule has 1 nitrogen and oxygen atoms in total. The summed E-state index contributed by atoms with van der Waals surface area (Å²) in [5.41, 5.74) is 4.62. The van der Waals surface area contributed by atoms with Gasteiger partial charge in [0.15, 0.2) is 5.78 Å². The molecule has 3 rings (SSSR count). The van der Waals surface area contributed by atoms with Crippen LogP contribution < -0.4 is 0 Å². The quantitative estimate of drug-likeness (QED) is 0.694. The summed E-state index contributed by atoms with van der Waals surface area (Å²) >= 11 is 0. The molecule has 0 aromatic heterocycles. The molecule has 2 aromatic carbocycles. The van der Waals surface area contributed by atoms with Crippen molar-refractivity contribution in [1.82, 2.24) is 0 Å². The maximum atomic E-state index is 11.3. The van der Waals surface area contributed by atoms with Crippen molar-refractivity contribution in [3.63, 3.8) is 0 Å². The van der Waals surface area contributed by atoms with Crippen LogP contribution in [-0.4, -0.2) is 5.78 Å². The maximum absolute atomic E-state index is 11.3. The van der Waals surface area contributed by atoms with E-state index in [0.717, 1.165) is 11.5 Å². The topological polar surface area (TPSA) is 17.1 Å². The first kappa shape index (κ1) is 14.1. The fourth-order valence-corrected chi connectivity index (χ4v) is 3.28. The van der Waals surface area contributed by atoms with E-state index in [2.05, 4.69) is 24.3 Å². The Balaban J connectivity index is 1.72. The van der Waals surface area contributed by atoms with Gasteiger partial charge in [-0.3, -0.25) is 4.79 Å². The van der Waals surface area contributed by atoms with Gasteiger partial charge in [0, 0.05) is 5.56 Å². The predicted molar refractivity (Wildman–Crippen MR) is 87.5 cm³/mol. The summed E-state index contributed by atoms with van der Waals surface area (Å²) in [5.74, 6) is 1.01. The van der Waals surface area contributed by atoms with E-state index in [1.807, 2.05) is 24.3 Å². The maximum Gasteiger partial charge on any atom is 0.159 e. The molecular weight excluding hydrogens is 256 g/mol. The SMILES string of the molecule is CC(=O)c1ccc(-c2ccc(CC3CCCC3)cc2)cc1. The minimum absolute atomic E-state index is 0.119. The number of Topliss-reactive ketones (excluding diaryl/α,β-unsaturated/α-hetero) is 1. The molecule has 0 spiro atoms. The summed E-state index contributed by atoms with van der Waals surface area (Å²) < 4.78 is 0. The third-order valence-corrected chi connectivity index (χ3v) is 4.58. The molecule has 1 saturated carbocycles. The lowest BCUT2D eigenvalue weighted by molar-refractivity contribution is 0.101. The Kier molecular flexibility index (Phi) is 4.19. The standard InChI is InChI=1S/C20H22O/c1-15(21)18-10-12-20(13-11-18)19-8-6-17(7-9-19)14-16-4-2-3-5-16/h6-13,16H,2-5,14H2,1H3. The number of hydrogen-bond donors (Lipinski definition) is 0. The molecule has 1 fully saturated rings. The largest absolute Gasteiger partial charge is 0.295 e. The van der Waals surface area contributed by atoms with Gasteiger partial charge in [0.25, 0.3) is 0 Å². The van der Waals surface area contributed by atoms with Gasteiger partial charge in [-0.05, 0) is 36.0 Å². The second kappa shape index (κ2) is 6.26. The number of ketones is 1. The summed E-state index contributed by atoms with van der Waals surface area (Å²) in [6.07, 6.45) is 6.84. The highest BCUT2D eigenvalue weighted by atomic mass is 16.1. The van der Waals surface area contributed by atoms with Gasteiger partial charge in [-0.15, -0.1) is 0 Å². The Bertz CT molecular complexity index is 601. The smallest absolute Gasteiger partial charge is 0.159 e. The highest BCUT2D eigenvalue weighted by Crippen LogP contribution is 2.29. The van der Waals surface area contributed by atoms with E-state index in [1.54, 1.807) is 6.92 Å². The lowest BCUT2D eigenvalue weighted by atomic mass is 9.96. The van der Waals surface area contributed by atoms with E-state index in [-0.39, 0.29) is 5.78 Å². The number of carbonyl (C=O) groups excluding carboxylic acids is 1. The summed E-state index contributed by atoms with van der Waals surface area (Å²) in [5, 5.41) is 0. The first-order valence-electron chi connectivity index (χ1n) is 7.93. The van der Waals surface area contributed by atoms with E-state index in [9.17, 15) is 4.79 Å². The normalized spacial score (nSPS) is 15.3. The molecule has 1 heteroatoms. The summed E-state index contributed by atoms with van der Waals surface area (Å²) in [4.78, 5) is 11.3. The Morgan fingerprint density at radius 3 is 1.95 bits per heavy atom. The van der Waals surface area contributed by atoms with E-state index in [1.165, 1.54) is 48.8 Å². The van der Waals surface area contributed by atoms with Gasteiger partial charge < -0.3 is 0 Å². The van der Waals surface area contributed by atoms with Crippen molar-refractivity contribution in [2.75, 3.05) is 0 Å². The van der Waals surface area contributed by atoms with Crippen molar-refractivity contribution in [3.05, 3.63) is 59.7 Å². The van der Waals surface area contributed by atoms with Crippen LogP contribution in [0.3, 0.4) is 0 Å². The summed E-state index contributed by atoms with van der Waals surface area (Å²) in [6.45, 7) is 1.60. The summed E-state index contributed by atoms with van der Waals surface area (Å²) in [6, 6.07) is 16.8. The van der Waals surface area contributed by atoms with Gasteiger partial charge in [0.2, 0.25) is 0 Å². The molecular formula is C20H22O. The first-order valence-corrected chi connectivity index (χ1v) is 7.93. The van der Waals surface area contributed by atoms with Crippen LogP contribution in [0.1, 0.15) is 48.5 Å². The monoisotopic (exact) mass is 278 g/mol. The minimum atomic E-state index is 0.119. The van der Waals surface area contributed by atoms with Crippen molar-refractivity contribution in [3.8, 4) is 11.1 Å². The molecule has 0 bridgehead atoms. The highest BCUT2D eigenvalue weighted by molar-refractivity contribution is 5.94. The van der Waals surface area contributed by atoms with Gasteiger partial charge in [0.05, 0.1) is 0 Å². The molecule has 0 saturated heterocycles. The highest BCUT2D eigenvalue weighted by Gasteiger charge is 2.15. The zero-order chi connectivity index (χ0) is 14.7. The van der Waals surface area contributed by atoms with Crippen LogP contribution >= 0.6 is 0 Å². The van der Waals surface area contributed by atoms with E-state index < -0.39 is 0 Å². The molecule has 2 aromatic rings. The number of hydrogen-bond acceptors (Lipinski definition) is 1. The van der Waals surface area contributed by atoms with Crippen LogP contribution in [0, 0.1) is 5.92 Å². The van der Waals surface area contributed by atoms with Crippen molar-refractivity contribution in [1.29, 1.82) is 0 Å². The Hall–Kier alpha value is -1.89. The van der Waals surface area contributed by atoms with Crippen LogP contribution in [0.4, 0.5) is 0 Å². The Labute approximate surface area is 127 Å². The molecule has 0 aliphatic heterocycles. The fourth-order valence-electron chi connectivity index (χ4n) is 3.28. The molecule has 0 heterocycles. The average molecular weight is 278 g/mol. The zero-order valence-electron chi connectivity index (χ0n) is 12.6. The van der Waals surface area contributed by atoms with Crippen molar-refractivity contribution in [2.45, 2.75) is 39.0 Å². The third kappa shape index (κ3) is 3.41. The minimum Gasteiger partial charge on any atom is -0.295 e. The van der Waals surface area contributed by atoms with Crippen LogP contribution in [0.15, 0.2) is 48.5 Å². The zero-order valence-corrected chi connectivity index (χ0v) is 12.6. The molecule has 21 heavy (non-hydrogen) atoms. The van der Waals surface area contributed by atoms with Crippen molar-refractivity contribution in [2.24, 2.45) is 5.92 Å². The summed E-state index contributed by atoms with van der Waals surface area (Å²) in [7, 11) is 0. The average Bonchev–Trinajstić information content (AvgIpc) is 3.01. The van der Waals surface area contributed by atoms with Gasteiger partial charge in [-0.2, -0.15) is 0 Å². The fraction of sp³-hybridized carbons (Fsp3) is 0.350. The third-order valence-electron chi connectivity index (χ3n) is 4.58. The van der Waals surface area contributed by atoms with E-state index in [4.69, 9.17) is 0 Å². The Morgan fingerprint density at radius 1 is 0.905 bits per heavy atom. The predicted octanol–water partition coefficient (Wildman–Crippen LogP) is 5.29. The molecule has 108 valence electrons. The van der Waals surface area contributed by atoms with Gasteiger partial charge in [-0.1, -0.05) is 74.2 Å². The van der Waals surface area contributed by atoms with E-state index >= 15 is 0 Å². The van der Waals surface area contributed by atoms with Gasteiger partial charge in [-0.25, -0.2) is 0 Å². The van der Waals surface area contributed by atoms with Gasteiger partial charge >= 0.3 is 0 Å². The second-order valence-electron chi connectivity index (χ2n) is 6.19. The molecule has 0 atom stereocenters. The van der Waals surface area contributed by atoms with Crippen molar-refractivity contribution < 1.29 is 4.79 Å². The van der Waals surface area contributed by atoms with Crippen LogP contribution in [0.5, 0.6) is 0 Å². The molecule has 0 unspecified atom stereocenters. The molecule has 1 aliphatic rings. The number of carbonyl (C=O) groups is 1. The van der Waals surface area contributed by atoms with E-state index in [0.29, 0.717) is 0 Å². The van der Waals surface area contributed by atoms with Crippen LogP contribution in [0.2, 0.25) is 0 Å². The van der Waals surface area contributed by atoms with Crippen molar-refractivity contribution >= 4 is 5.78 Å². The lowest BCUT2D eigenvalue weighted by Gasteiger charge is -2.10. The van der Waals surface area contributed by atoms with Crippen LogP contribution in [0.25, 0.3) is 11.1 Å².